The average molecular weight is 356 g/mol. The zero-order valence-corrected chi connectivity index (χ0v) is 14.6. The van der Waals surface area contributed by atoms with Gasteiger partial charge in [-0.1, -0.05) is 37.3 Å². The second kappa shape index (κ2) is 8.75. The van der Waals surface area contributed by atoms with Crippen molar-refractivity contribution in [2.24, 2.45) is 0 Å². The van der Waals surface area contributed by atoms with Crippen LogP contribution in [0, 0.1) is 10.1 Å². The van der Waals surface area contributed by atoms with E-state index in [1.807, 2.05) is 19.1 Å². The van der Waals surface area contributed by atoms with Crippen LogP contribution in [0.1, 0.15) is 25.0 Å². The van der Waals surface area contributed by atoms with Gasteiger partial charge >= 0.3 is 5.97 Å². The van der Waals surface area contributed by atoms with Gasteiger partial charge in [-0.15, -0.1) is 0 Å². The van der Waals surface area contributed by atoms with Gasteiger partial charge < -0.3 is 10.1 Å². The predicted molar refractivity (Wildman–Crippen MR) is 96.8 cm³/mol. The fourth-order valence-electron chi connectivity index (χ4n) is 2.35. The van der Waals surface area contributed by atoms with Crippen molar-refractivity contribution in [3.63, 3.8) is 0 Å². The van der Waals surface area contributed by atoms with Gasteiger partial charge in [-0.3, -0.25) is 19.7 Å². The molecule has 1 amide bonds. The molecule has 2 rings (SSSR count). The predicted octanol–water partition coefficient (Wildman–Crippen LogP) is 3.27. The lowest BCUT2D eigenvalue weighted by Crippen LogP contribution is -2.30. The van der Waals surface area contributed by atoms with Crippen LogP contribution in [-0.4, -0.2) is 22.9 Å². The molecule has 0 fully saturated rings. The molecule has 0 aliphatic rings. The largest absolute Gasteiger partial charge is 0.452 e. The fourth-order valence-corrected chi connectivity index (χ4v) is 2.35. The SMILES string of the molecule is CCc1ccc(NC(=O)[C@@H](C)OC(=O)Cc2ccccc2[N+](=O)[O-])cc1. The molecule has 26 heavy (non-hydrogen) atoms. The Labute approximate surface area is 151 Å². The molecule has 0 aliphatic heterocycles. The lowest BCUT2D eigenvalue weighted by molar-refractivity contribution is -0.385. The summed E-state index contributed by atoms with van der Waals surface area (Å²) in [6.45, 7) is 3.49. The van der Waals surface area contributed by atoms with Crippen molar-refractivity contribution in [3.05, 3.63) is 69.8 Å². The molecule has 1 atom stereocenters. The highest BCUT2D eigenvalue weighted by Crippen LogP contribution is 2.19. The normalized spacial score (nSPS) is 11.5. The monoisotopic (exact) mass is 356 g/mol. The molecule has 0 radical (unpaired) electrons. The molecular formula is C19H20N2O5. The summed E-state index contributed by atoms with van der Waals surface area (Å²) < 4.78 is 5.09. The van der Waals surface area contributed by atoms with Gasteiger partial charge in [-0.2, -0.15) is 0 Å². The lowest BCUT2D eigenvalue weighted by atomic mass is 10.1. The van der Waals surface area contributed by atoms with Crippen molar-refractivity contribution in [2.45, 2.75) is 32.8 Å². The number of anilines is 1. The van der Waals surface area contributed by atoms with Crippen molar-refractivity contribution in [3.8, 4) is 0 Å². The molecule has 7 nitrogen and oxygen atoms in total. The highest BCUT2D eigenvalue weighted by molar-refractivity contribution is 5.95. The van der Waals surface area contributed by atoms with Crippen LogP contribution in [0.3, 0.4) is 0 Å². The first-order valence-corrected chi connectivity index (χ1v) is 8.22. The van der Waals surface area contributed by atoms with E-state index in [1.54, 1.807) is 18.2 Å². The number of nitrogens with one attached hydrogen (secondary N) is 1. The summed E-state index contributed by atoms with van der Waals surface area (Å²) in [6, 6.07) is 13.3. The number of para-hydroxylation sites is 1. The average Bonchev–Trinajstić information content (AvgIpc) is 2.62. The molecule has 0 heterocycles. The van der Waals surface area contributed by atoms with Crippen LogP contribution in [0.2, 0.25) is 0 Å². The first kappa shape index (κ1) is 19.1. The van der Waals surface area contributed by atoms with E-state index >= 15 is 0 Å². The summed E-state index contributed by atoms with van der Waals surface area (Å²) in [5.41, 5.74) is 1.84. The summed E-state index contributed by atoms with van der Waals surface area (Å²) in [5.74, 6) is -1.17. The van der Waals surface area contributed by atoms with Crippen LogP contribution in [-0.2, 0) is 27.2 Å². The summed E-state index contributed by atoms with van der Waals surface area (Å²) in [5, 5.41) is 13.6. The molecule has 2 aromatic rings. The number of nitro benzene ring substituents is 1. The molecule has 136 valence electrons. The maximum absolute atomic E-state index is 12.1. The number of benzene rings is 2. The Bertz CT molecular complexity index is 802. The third kappa shape index (κ3) is 5.14. The first-order chi connectivity index (χ1) is 12.4. The molecule has 0 aromatic heterocycles. The molecule has 0 aliphatic carbocycles. The number of carbonyl (C=O) groups excluding carboxylic acids is 2. The van der Waals surface area contributed by atoms with Crippen molar-refractivity contribution >= 4 is 23.3 Å². The summed E-state index contributed by atoms with van der Waals surface area (Å²) in [7, 11) is 0. The van der Waals surface area contributed by atoms with Gasteiger partial charge in [0.25, 0.3) is 11.6 Å². The Morgan fingerprint density at radius 2 is 1.81 bits per heavy atom. The number of hydrogen-bond acceptors (Lipinski definition) is 5. The van der Waals surface area contributed by atoms with Crippen LogP contribution in [0.4, 0.5) is 11.4 Å². The molecule has 2 aromatic carbocycles. The van der Waals surface area contributed by atoms with E-state index in [0.717, 1.165) is 12.0 Å². The smallest absolute Gasteiger partial charge is 0.311 e. The van der Waals surface area contributed by atoms with E-state index < -0.39 is 22.9 Å². The van der Waals surface area contributed by atoms with E-state index in [0.29, 0.717) is 5.69 Å². The van der Waals surface area contributed by atoms with Crippen molar-refractivity contribution in [2.75, 3.05) is 5.32 Å². The van der Waals surface area contributed by atoms with E-state index in [1.165, 1.54) is 25.1 Å². The van der Waals surface area contributed by atoms with Gasteiger partial charge in [-0.05, 0) is 31.0 Å². The van der Waals surface area contributed by atoms with Crippen LogP contribution >= 0.6 is 0 Å². The number of esters is 1. The number of rotatable bonds is 7. The lowest BCUT2D eigenvalue weighted by Gasteiger charge is -2.14. The Kier molecular flexibility index (Phi) is 6.43. The Morgan fingerprint density at radius 3 is 2.42 bits per heavy atom. The van der Waals surface area contributed by atoms with Crippen LogP contribution in [0.5, 0.6) is 0 Å². The zero-order chi connectivity index (χ0) is 19.1. The molecule has 0 bridgehead atoms. The van der Waals surface area contributed by atoms with Gasteiger partial charge in [0.05, 0.1) is 11.3 Å². The van der Waals surface area contributed by atoms with Crippen LogP contribution in [0.25, 0.3) is 0 Å². The number of nitrogens with zero attached hydrogens (tertiary/aromatic N) is 1. The quantitative estimate of drug-likeness (QED) is 0.466. The van der Waals surface area contributed by atoms with Gasteiger partial charge in [0.2, 0.25) is 0 Å². The number of aryl methyl sites for hydroxylation is 1. The maximum atomic E-state index is 12.1. The van der Waals surface area contributed by atoms with Crippen LogP contribution < -0.4 is 5.32 Å². The Morgan fingerprint density at radius 1 is 1.15 bits per heavy atom. The highest BCUT2D eigenvalue weighted by atomic mass is 16.6. The van der Waals surface area contributed by atoms with E-state index in [9.17, 15) is 19.7 Å². The van der Waals surface area contributed by atoms with Gasteiger partial charge in [0.15, 0.2) is 6.10 Å². The van der Waals surface area contributed by atoms with Gasteiger partial charge in [0.1, 0.15) is 0 Å². The fraction of sp³-hybridized carbons (Fsp3) is 0.263. The summed E-state index contributed by atoms with van der Waals surface area (Å²) in [4.78, 5) is 34.6. The Balaban J connectivity index is 1.93. The number of amides is 1. The number of hydrogen-bond donors (Lipinski definition) is 1. The molecule has 7 heteroatoms. The van der Waals surface area contributed by atoms with E-state index in [-0.39, 0.29) is 17.7 Å². The third-order valence-corrected chi connectivity index (χ3v) is 3.83. The Hall–Kier alpha value is -3.22. The second-order valence-electron chi connectivity index (χ2n) is 5.73. The third-order valence-electron chi connectivity index (χ3n) is 3.83. The molecule has 0 saturated carbocycles. The highest BCUT2D eigenvalue weighted by Gasteiger charge is 2.21. The van der Waals surface area contributed by atoms with Crippen molar-refractivity contribution in [1.82, 2.24) is 0 Å². The number of ether oxygens (including phenoxy) is 1. The zero-order valence-electron chi connectivity index (χ0n) is 14.6. The number of nitro groups is 1. The van der Waals surface area contributed by atoms with Gasteiger partial charge in [-0.25, -0.2) is 0 Å². The minimum atomic E-state index is -1.02. The minimum absolute atomic E-state index is 0.155. The molecule has 1 N–H and O–H groups in total. The maximum Gasteiger partial charge on any atom is 0.311 e. The number of carbonyl (C=O) groups is 2. The van der Waals surface area contributed by atoms with E-state index in [4.69, 9.17) is 4.74 Å². The van der Waals surface area contributed by atoms with Crippen molar-refractivity contribution in [1.29, 1.82) is 0 Å². The van der Waals surface area contributed by atoms with Crippen molar-refractivity contribution < 1.29 is 19.2 Å². The molecule has 0 spiro atoms. The van der Waals surface area contributed by atoms with Crippen LogP contribution in [0.15, 0.2) is 48.5 Å². The topological polar surface area (TPSA) is 98.5 Å². The molecular weight excluding hydrogens is 336 g/mol. The second-order valence-corrected chi connectivity index (χ2v) is 5.73. The van der Waals surface area contributed by atoms with E-state index in [2.05, 4.69) is 5.32 Å². The standard InChI is InChI=1S/C19H20N2O5/c1-3-14-8-10-16(11-9-14)20-19(23)13(2)26-18(22)12-15-6-4-5-7-17(15)21(24)25/h4-11,13H,3,12H2,1-2H3,(H,20,23)/t13-/m1/s1. The molecule has 0 unspecified atom stereocenters. The van der Waals surface area contributed by atoms with Gasteiger partial charge in [0, 0.05) is 17.3 Å². The summed E-state index contributed by atoms with van der Waals surface area (Å²) in [6.07, 6.45) is -0.399. The molecule has 0 saturated heterocycles. The summed E-state index contributed by atoms with van der Waals surface area (Å²) >= 11 is 0. The minimum Gasteiger partial charge on any atom is -0.452 e. The first-order valence-electron chi connectivity index (χ1n) is 8.22.